The van der Waals surface area contributed by atoms with Gasteiger partial charge in [-0.3, -0.25) is 10.1 Å². The van der Waals surface area contributed by atoms with Gasteiger partial charge in [0.05, 0.1) is 10.5 Å². The highest BCUT2D eigenvalue weighted by Gasteiger charge is 2.18. The Kier molecular flexibility index (Phi) is 3.58. The second-order valence-electron chi connectivity index (χ2n) is 4.27. The molecule has 17 heavy (non-hydrogen) atoms. The fraction of sp³-hybridized carbons (Fsp3) is 0.500. The van der Waals surface area contributed by atoms with E-state index in [1.165, 1.54) is 0 Å². The van der Waals surface area contributed by atoms with Crippen molar-refractivity contribution < 1.29 is 4.92 Å². The van der Waals surface area contributed by atoms with Gasteiger partial charge in [-0.1, -0.05) is 6.07 Å². The van der Waals surface area contributed by atoms with Gasteiger partial charge in [0.15, 0.2) is 0 Å². The molecule has 0 amide bonds. The third-order valence-corrected chi connectivity index (χ3v) is 3.15. The molecule has 0 saturated carbocycles. The molecule has 0 aromatic heterocycles. The molecule has 0 spiro atoms. The standard InChI is InChI=1S/C12H17N3O2/c1-10-11(4-2-5-12(10)15(16)17)14-8-3-6-13-7-9-14/h2,4-5,13H,3,6-9H2,1H3. The Labute approximate surface area is 101 Å². The maximum Gasteiger partial charge on any atom is 0.274 e. The van der Waals surface area contributed by atoms with Crippen LogP contribution in [0.5, 0.6) is 0 Å². The molecule has 92 valence electrons. The molecule has 0 radical (unpaired) electrons. The van der Waals surface area contributed by atoms with Gasteiger partial charge in [-0.15, -0.1) is 0 Å². The highest BCUT2D eigenvalue weighted by molar-refractivity contribution is 5.61. The van der Waals surface area contributed by atoms with Crippen LogP contribution in [0.1, 0.15) is 12.0 Å². The molecule has 1 heterocycles. The lowest BCUT2D eigenvalue weighted by Gasteiger charge is -2.23. The third kappa shape index (κ3) is 2.55. The summed E-state index contributed by atoms with van der Waals surface area (Å²) in [6.45, 7) is 5.63. The van der Waals surface area contributed by atoms with Crippen LogP contribution < -0.4 is 10.2 Å². The fourth-order valence-electron chi connectivity index (χ4n) is 2.24. The van der Waals surface area contributed by atoms with Crippen molar-refractivity contribution >= 4 is 11.4 Å². The van der Waals surface area contributed by atoms with E-state index in [1.807, 2.05) is 13.0 Å². The predicted molar refractivity (Wildman–Crippen MR) is 67.5 cm³/mol. The normalized spacial score (nSPS) is 16.6. The van der Waals surface area contributed by atoms with E-state index < -0.39 is 0 Å². The predicted octanol–water partition coefficient (Wildman–Crippen LogP) is 1.70. The number of benzene rings is 1. The highest BCUT2D eigenvalue weighted by atomic mass is 16.6. The monoisotopic (exact) mass is 235 g/mol. The van der Waals surface area contributed by atoms with E-state index in [0.29, 0.717) is 0 Å². The minimum absolute atomic E-state index is 0.208. The van der Waals surface area contributed by atoms with Crippen LogP contribution in [-0.2, 0) is 0 Å². The molecule has 1 aromatic rings. The van der Waals surface area contributed by atoms with Gasteiger partial charge in [0, 0.05) is 31.4 Å². The van der Waals surface area contributed by atoms with Crippen LogP contribution in [-0.4, -0.2) is 31.1 Å². The van der Waals surface area contributed by atoms with E-state index in [-0.39, 0.29) is 10.6 Å². The van der Waals surface area contributed by atoms with Gasteiger partial charge in [-0.25, -0.2) is 0 Å². The zero-order valence-electron chi connectivity index (χ0n) is 9.98. The van der Waals surface area contributed by atoms with Gasteiger partial charge < -0.3 is 10.2 Å². The fourth-order valence-corrected chi connectivity index (χ4v) is 2.24. The van der Waals surface area contributed by atoms with E-state index in [2.05, 4.69) is 10.2 Å². The van der Waals surface area contributed by atoms with Crippen molar-refractivity contribution in [1.29, 1.82) is 0 Å². The number of hydrogen-bond acceptors (Lipinski definition) is 4. The number of hydrogen-bond donors (Lipinski definition) is 1. The molecule has 0 unspecified atom stereocenters. The molecular formula is C12H17N3O2. The zero-order chi connectivity index (χ0) is 12.3. The maximum absolute atomic E-state index is 10.9. The molecular weight excluding hydrogens is 218 g/mol. The first-order valence-corrected chi connectivity index (χ1v) is 5.90. The van der Waals surface area contributed by atoms with Gasteiger partial charge in [0.25, 0.3) is 5.69 Å². The minimum Gasteiger partial charge on any atom is -0.370 e. The van der Waals surface area contributed by atoms with E-state index in [0.717, 1.165) is 43.9 Å². The largest absolute Gasteiger partial charge is 0.370 e. The number of nitrogens with zero attached hydrogens (tertiary/aromatic N) is 2. The van der Waals surface area contributed by atoms with Crippen molar-refractivity contribution in [3.05, 3.63) is 33.9 Å². The van der Waals surface area contributed by atoms with Gasteiger partial charge in [-0.05, 0) is 26.0 Å². The Balaban J connectivity index is 2.30. The van der Waals surface area contributed by atoms with Crippen LogP contribution in [0.4, 0.5) is 11.4 Å². The van der Waals surface area contributed by atoms with Gasteiger partial charge in [0.1, 0.15) is 0 Å². The Hall–Kier alpha value is -1.62. The van der Waals surface area contributed by atoms with E-state index in [1.54, 1.807) is 12.1 Å². The topological polar surface area (TPSA) is 58.4 Å². The molecule has 1 aromatic carbocycles. The Morgan fingerprint density at radius 2 is 2.18 bits per heavy atom. The molecule has 0 atom stereocenters. The lowest BCUT2D eigenvalue weighted by molar-refractivity contribution is -0.385. The summed E-state index contributed by atoms with van der Waals surface area (Å²) in [5.74, 6) is 0. The first-order valence-electron chi connectivity index (χ1n) is 5.90. The Bertz CT molecular complexity index is 412. The van der Waals surface area contributed by atoms with Crippen LogP contribution in [0.2, 0.25) is 0 Å². The minimum atomic E-state index is -0.311. The summed E-state index contributed by atoms with van der Waals surface area (Å²) < 4.78 is 0. The lowest BCUT2D eigenvalue weighted by Crippen LogP contribution is -2.28. The second-order valence-corrected chi connectivity index (χ2v) is 4.27. The Morgan fingerprint density at radius 3 is 2.94 bits per heavy atom. The van der Waals surface area contributed by atoms with Crippen LogP contribution in [0.25, 0.3) is 0 Å². The summed E-state index contributed by atoms with van der Waals surface area (Å²) in [4.78, 5) is 12.8. The number of rotatable bonds is 2. The van der Waals surface area contributed by atoms with Crippen molar-refractivity contribution in [3.8, 4) is 0 Å². The number of nitro groups is 1. The lowest BCUT2D eigenvalue weighted by atomic mass is 10.1. The van der Waals surface area contributed by atoms with Crippen LogP contribution in [0.15, 0.2) is 18.2 Å². The molecule has 1 fully saturated rings. The van der Waals surface area contributed by atoms with Crippen LogP contribution in [0, 0.1) is 17.0 Å². The second kappa shape index (κ2) is 5.14. The maximum atomic E-state index is 10.9. The molecule has 1 aliphatic heterocycles. The van der Waals surface area contributed by atoms with Crippen LogP contribution in [0.3, 0.4) is 0 Å². The van der Waals surface area contributed by atoms with Crippen molar-refractivity contribution in [2.45, 2.75) is 13.3 Å². The summed E-state index contributed by atoms with van der Waals surface area (Å²) in [7, 11) is 0. The van der Waals surface area contributed by atoms with Crippen molar-refractivity contribution in [3.63, 3.8) is 0 Å². The summed E-state index contributed by atoms with van der Waals surface area (Å²) in [6.07, 6.45) is 1.07. The zero-order valence-corrected chi connectivity index (χ0v) is 9.98. The molecule has 2 rings (SSSR count). The quantitative estimate of drug-likeness (QED) is 0.626. The first kappa shape index (κ1) is 11.9. The molecule has 0 bridgehead atoms. The summed E-state index contributed by atoms with van der Waals surface area (Å²) >= 11 is 0. The molecule has 1 aliphatic rings. The molecule has 1 N–H and O–H groups in total. The SMILES string of the molecule is Cc1c(N2CCCNCC2)cccc1[N+](=O)[O-]. The molecule has 1 saturated heterocycles. The van der Waals surface area contributed by atoms with E-state index in [9.17, 15) is 10.1 Å². The third-order valence-electron chi connectivity index (χ3n) is 3.15. The highest BCUT2D eigenvalue weighted by Crippen LogP contribution is 2.28. The van der Waals surface area contributed by atoms with Gasteiger partial charge in [0.2, 0.25) is 0 Å². The van der Waals surface area contributed by atoms with Crippen molar-refractivity contribution in [2.75, 3.05) is 31.1 Å². The molecule has 5 nitrogen and oxygen atoms in total. The average molecular weight is 235 g/mol. The van der Waals surface area contributed by atoms with E-state index in [4.69, 9.17) is 0 Å². The number of nitro benzene ring substituents is 1. The van der Waals surface area contributed by atoms with Gasteiger partial charge >= 0.3 is 0 Å². The Morgan fingerprint density at radius 1 is 1.35 bits per heavy atom. The first-order chi connectivity index (χ1) is 8.20. The summed E-state index contributed by atoms with van der Waals surface area (Å²) in [6, 6.07) is 5.29. The van der Waals surface area contributed by atoms with E-state index >= 15 is 0 Å². The van der Waals surface area contributed by atoms with Gasteiger partial charge in [-0.2, -0.15) is 0 Å². The smallest absolute Gasteiger partial charge is 0.274 e. The summed E-state index contributed by atoms with van der Waals surface area (Å²) in [5.41, 5.74) is 1.96. The summed E-state index contributed by atoms with van der Waals surface area (Å²) in [5, 5.41) is 14.2. The van der Waals surface area contributed by atoms with Crippen LogP contribution >= 0.6 is 0 Å². The van der Waals surface area contributed by atoms with Crippen molar-refractivity contribution in [2.24, 2.45) is 0 Å². The van der Waals surface area contributed by atoms with Crippen molar-refractivity contribution in [1.82, 2.24) is 5.32 Å². The average Bonchev–Trinajstić information content (AvgIpc) is 2.57. The number of anilines is 1. The molecule has 5 heteroatoms. The molecule has 0 aliphatic carbocycles. The number of nitrogens with one attached hydrogen (secondary N) is 1.